The molecule has 2 heterocycles. The number of amides is 1. The van der Waals surface area contributed by atoms with Gasteiger partial charge in [0.2, 0.25) is 0 Å². The average molecular weight is 398 g/mol. The van der Waals surface area contributed by atoms with Gasteiger partial charge in [-0.3, -0.25) is 19.0 Å². The summed E-state index contributed by atoms with van der Waals surface area (Å²) in [7, 11) is 0. The van der Waals surface area contributed by atoms with Gasteiger partial charge < -0.3 is 9.64 Å². The quantitative estimate of drug-likeness (QED) is 0.574. The number of nitrogens with zero attached hydrogens (tertiary/aromatic N) is 2. The van der Waals surface area contributed by atoms with Gasteiger partial charge in [-0.1, -0.05) is 18.2 Å². The fraction of sp³-hybridized carbons (Fsp3) is 0.318. The molecule has 1 atom stereocenters. The van der Waals surface area contributed by atoms with Crippen molar-refractivity contribution in [1.82, 2.24) is 9.47 Å². The first kappa shape index (κ1) is 20.5. The van der Waals surface area contributed by atoms with E-state index in [0.717, 1.165) is 0 Å². The lowest BCUT2D eigenvalue weighted by Crippen LogP contribution is -2.44. The Balaban J connectivity index is 1.94. The van der Waals surface area contributed by atoms with Gasteiger partial charge in [0.15, 0.2) is 0 Å². The van der Waals surface area contributed by atoms with Gasteiger partial charge in [0.25, 0.3) is 11.5 Å². The lowest BCUT2D eigenvalue weighted by Gasteiger charge is -2.32. The van der Waals surface area contributed by atoms with Crippen molar-refractivity contribution in [2.75, 3.05) is 19.7 Å². The average Bonchev–Trinajstić information content (AvgIpc) is 2.74. The molecular formula is C22H23FN2O4. The Hall–Kier alpha value is -3.22. The van der Waals surface area contributed by atoms with Crippen molar-refractivity contribution in [3.63, 3.8) is 0 Å². The molecule has 2 aromatic rings. The number of carbonyl (C=O) groups is 2. The van der Waals surface area contributed by atoms with Crippen LogP contribution in [-0.4, -0.2) is 41.0 Å². The van der Waals surface area contributed by atoms with E-state index in [1.807, 2.05) is 0 Å². The molecule has 7 heteroatoms. The molecular weight excluding hydrogens is 375 g/mol. The summed E-state index contributed by atoms with van der Waals surface area (Å²) in [4.78, 5) is 39.4. The summed E-state index contributed by atoms with van der Waals surface area (Å²) in [6.45, 7) is 2.75. The van der Waals surface area contributed by atoms with Crippen LogP contribution < -0.4 is 5.56 Å². The Morgan fingerprint density at radius 2 is 1.97 bits per heavy atom. The Labute approximate surface area is 168 Å². The molecule has 6 nitrogen and oxygen atoms in total. The molecule has 29 heavy (non-hydrogen) atoms. The first-order valence-corrected chi connectivity index (χ1v) is 9.61. The Bertz CT molecular complexity index is 965. The zero-order valence-corrected chi connectivity index (χ0v) is 16.2. The molecule has 1 aromatic carbocycles. The second-order valence-electron chi connectivity index (χ2n) is 6.83. The molecule has 1 aliphatic rings. The lowest BCUT2D eigenvalue weighted by molar-refractivity contribution is -0.150. The fourth-order valence-corrected chi connectivity index (χ4v) is 3.35. The lowest BCUT2D eigenvalue weighted by atomic mass is 9.98. The molecule has 1 unspecified atom stereocenters. The summed E-state index contributed by atoms with van der Waals surface area (Å²) >= 11 is 0. The van der Waals surface area contributed by atoms with Gasteiger partial charge in [0, 0.05) is 25.4 Å². The Morgan fingerprint density at radius 3 is 2.66 bits per heavy atom. The molecule has 0 bridgehead atoms. The normalized spacial score (nSPS) is 17.1. The Morgan fingerprint density at radius 1 is 1.21 bits per heavy atom. The van der Waals surface area contributed by atoms with Crippen LogP contribution in [0, 0.1) is 11.7 Å². The monoisotopic (exact) mass is 398 g/mol. The molecule has 1 amide bonds. The minimum Gasteiger partial charge on any atom is -0.466 e. The van der Waals surface area contributed by atoms with E-state index in [1.165, 1.54) is 41.1 Å². The molecule has 0 radical (unpaired) electrons. The maximum Gasteiger partial charge on any atom is 0.310 e. The highest BCUT2D eigenvalue weighted by Gasteiger charge is 2.31. The summed E-state index contributed by atoms with van der Waals surface area (Å²) in [5.41, 5.74) is 0.379. The summed E-state index contributed by atoms with van der Waals surface area (Å²) in [5, 5.41) is 0. The molecule has 0 N–H and O–H groups in total. The van der Waals surface area contributed by atoms with Crippen molar-refractivity contribution in [3.8, 4) is 0 Å². The van der Waals surface area contributed by atoms with Crippen LogP contribution in [0.25, 0.3) is 11.8 Å². The number of aromatic nitrogens is 1. The first-order valence-electron chi connectivity index (χ1n) is 9.61. The van der Waals surface area contributed by atoms with E-state index in [9.17, 15) is 18.8 Å². The van der Waals surface area contributed by atoms with Crippen LogP contribution in [-0.2, 0) is 14.3 Å². The topological polar surface area (TPSA) is 68.6 Å². The molecule has 1 saturated heterocycles. The molecule has 0 aliphatic carbocycles. The third kappa shape index (κ3) is 4.99. The van der Waals surface area contributed by atoms with E-state index in [4.69, 9.17) is 4.74 Å². The summed E-state index contributed by atoms with van der Waals surface area (Å²) in [6, 6.07) is 10.3. The van der Waals surface area contributed by atoms with Gasteiger partial charge in [0.05, 0.1) is 12.5 Å². The molecule has 1 fully saturated rings. The van der Waals surface area contributed by atoms with Crippen molar-refractivity contribution in [2.45, 2.75) is 19.8 Å². The predicted molar refractivity (Wildman–Crippen MR) is 107 cm³/mol. The number of likely N-dealkylation sites (tertiary alicyclic amines) is 1. The van der Waals surface area contributed by atoms with Crippen LogP contribution in [0.2, 0.25) is 0 Å². The summed E-state index contributed by atoms with van der Waals surface area (Å²) < 4.78 is 19.6. The van der Waals surface area contributed by atoms with E-state index in [-0.39, 0.29) is 41.4 Å². The maximum absolute atomic E-state index is 13.3. The number of piperidine rings is 1. The first-order chi connectivity index (χ1) is 14.0. The number of ether oxygens (including phenoxy) is 1. The van der Waals surface area contributed by atoms with E-state index in [2.05, 4.69) is 0 Å². The number of esters is 1. The van der Waals surface area contributed by atoms with Gasteiger partial charge in [0.1, 0.15) is 11.5 Å². The van der Waals surface area contributed by atoms with Gasteiger partial charge >= 0.3 is 5.97 Å². The van der Waals surface area contributed by atoms with Crippen molar-refractivity contribution in [2.24, 2.45) is 5.92 Å². The van der Waals surface area contributed by atoms with Crippen molar-refractivity contribution < 1.29 is 18.7 Å². The summed E-state index contributed by atoms with van der Waals surface area (Å²) in [5.74, 6) is -1.45. The van der Waals surface area contributed by atoms with Crippen molar-refractivity contribution in [3.05, 3.63) is 70.4 Å². The van der Waals surface area contributed by atoms with Crippen LogP contribution in [0.15, 0.2) is 53.5 Å². The number of carbonyl (C=O) groups excluding carboxylic acids is 2. The predicted octanol–water partition coefficient (Wildman–Crippen LogP) is 2.79. The molecule has 3 rings (SSSR count). The SMILES string of the molecule is CCOC(=O)C1CCCN(C(=O)/C(=C\c2ccc(F)cc2)n2ccccc2=O)C1. The van der Waals surface area contributed by atoms with Crippen LogP contribution in [0.4, 0.5) is 4.39 Å². The van der Waals surface area contributed by atoms with Gasteiger partial charge in [-0.15, -0.1) is 0 Å². The van der Waals surface area contributed by atoms with Crippen LogP contribution >= 0.6 is 0 Å². The largest absolute Gasteiger partial charge is 0.466 e. The molecule has 1 aromatic heterocycles. The van der Waals surface area contributed by atoms with Crippen LogP contribution in [0.3, 0.4) is 0 Å². The summed E-state index contributed by atoms with van der Waals surface area (Å²) in [6.07, 6.45) is 4.40. The van der Waals surface area contributed by atoms with Gasteiger partial charge in [-0.2, -0.15) is 0 Å². The fourth-order valence-electron chi connectivity index (χ4n) is 3.35. The third-order valence-corrected chi connectivity index (χ3v) is 4.80. The zero-order chi connectivity index (χ0) is 20.8. The van der Waals surface area contributed by atoms with Crippen LogP contribution in [0.1, 0.15) is 25.3 Å². The second-order valence-corrected chi connectivity index (χ2v) is 6.83. The maximum atomic E-state index is 13.3. The highest BCUT2D eigenvalue weighted by atomic mass is 19.1. The minimum absolute atomic E-state index is 0.145. The molecule has 152 valence electrons. The number of hydrogen-bond acceptors (Lipinski definition) is 4. The number of hydrogen-bond donors (Lipinski definition) is 0. The van der Waals surface area contributed by atoms with E-state index in [0.29, 0.717) is 31.6 Å². The zero-order valence-electron chi connectivity index (χ0n) is 16.2. The molecule has 1 aliphatic heterocycles. The van der Waals surface area contributed by atoms with Crippen molar-refractivity contribution in [1.29, 1.82) is 0 Å². The smallest absolute Gasteiger partial charge is 0.310 e. The minimum atomic E-state index is -0.389. The number of benzene rings is 1. The van der Waals surface area contributed by atoms with E-state index >= 15 is 0 Å². The molecule has 0 spiro atoms. The van der Waals surface area contributed by atoms with Crippen molar-refractivity contribution >= 4 is 23.6 Å². The highest BCUT2D eigenvalue weighted by Crippen LogP contribution is 2.22. The highest BCUT2D eigenvalue weighted by molar-refractivity contribution is 6.18. The van der Waals surface area contributed by atoms with Crippen LogP contribution in [0.5, 0.6) is 0 Å². The van der Waals surface area contributed by atoms with E-state index in [1.54, 1.807) is 30.0 Å². The standard InChI is InChI=1S/C22H23FN2O4/c1-2-29-22(28)17-6-5-12-24(15-17)21(27)19(25-13-4-3-7-20(25)26)14-16-8-10-18(23)11-9-16/h3-4,7-11,13-14,17H,2,5-6,12,15H2,1H3/b19-14+. The third-order valence-electron chi connectivity index (χ3n) is 4.80. The number of rotatable bonds is 5. The van der Waals surface area contributed by atoms with E-state index < -0.39 is 0 Å². The number of pyridine rings is 1. The van der Waals surface area contributed by atoms with Gasteiger partial charge in [-0.05, 0) is 49.6 Å². The number of halogens is 1. The Kier molecular flexibility index (Phi) is 6.59. The van der Waals surface area contributed by atoms with Gasteiger partial charge in [-0.25, -0.2) is 4.39 Å². The molecule has 0 saturated carbocycles. The second kappa shape index (κ2) is 9.32.